The summed E-state index contributed by atoms with van der Waals surface area (Å²) in [6, 6.07) is 0. The third kappa shape index (κ3) is 13.8. The number of aliphatic hydroxyl groups excluding tert-OH is 1. The van der Waals surface area contributed by atoms with Crippen molar-refractivity contribution in [3.8, 4) is 0 Å². The van der Waals surface area contributed by atoms with Crippen molar-refractivity contribution in [3.05, 3.63) is 0 Å². The van der Waals surface area contributed by atoms with Crippen molar-refractivity contribution in [2.75, 3.05) is 33.0 Å². The zero-order chi connectivity index (χ0) is 12.8. The van der Waals surface area contributed by atoms with Crippen LogP contribution in [0.25, 0.3) is 0 Å². The van der Waals surface area contributed by atoms with Gasteiger partial charge in [-0.1, -0.05) is 46.0 Å². The van der Waals surface area contributed by atoms with Crippen molar-refractivity contribution < 1.29 is 14.6 Å². The highest BCUT2D eigenvalue weighted by Crippen LogP contribution is 2.11. The Morgan fingerprint density at radius 3 is 2.35 bits per heavy atom. The van der Waals surface area contributed by atoms with Crippen LogP contribution in [0.2, 0.25) is 0 Å². The predicted octanol–water partition coefficient (Wildman–Crippen LogP) is 3.01. The quantitative estimate of drug-likeness (QED) is 0.508. The molecule has 0 saturated carbocycles. The maximum absolute atomic E-state index is 8.50. The molecule has 0 fully saturated rings. The Bertz CT molecular complexity index is 139. The van der Waals surface area contributed by atoms with Crippen LogP contribution >= 0.6 is 0 Å². The minimum absolute atomic E-state index is 0.0914. The average molecular weight is 246 g/mol. The van der Waals surface area contributed by atoms with Gasteiger partial charge in [-0.05, 0) is 12.3 Å². The smallest absolute Gasteiger partial charge is 0.0701 e. The van der Waals surface area contributed by atoms with Gasteiger partial charge in [0.25, 0.3) is 0 Å². The third-order valence-electron chi connectivity index (χ3n) is 2.81. The molecule has 0 aromatic carbocycles. The Kier molecular flexibility index (Phi) is 13.8. The average Bonchev–Trinajstić information content (AvgIpc) is 2.33. The molecule has 1 atom stereocenters. The van der Waals surface area contributed by atoms with Gasteiger partial charge in [-0.3, -0.25) is 0 Å². The van der Waals surface area contributed by atoms with E-state index in [9.17, 15) is 0 Å². The zero-order valence-corrected chi connectivity index (χ0v) is 11.6. The van der Waals surface area contributed by atoms with Gasteiger partial charge < -0.3 is 14.6 Å². The molecule has 0 aliphatic carbocycles. The van der Waals surface area contributed by atoms with Gasteiger partial charge in [0.05, 0.1) is 26.4 Å². The molecule has 0 heterocycles. The third-order valence-corrected chi connectivity index (χ3v) is 2.81. The van der Waals surface area contributed by atoms with Crippen molar-refractivity contribution >= 4 is 0 Å². The topological polar surface area (TPSA) is 38.7 Å². The highest BCUT2D eigenvalue weighted by molar-refractivity contribution is 4.52. The lowest BCUT2D eigenvalue weighted by atomic mass is 10.0. The molecule has 1 unspecified atom stereocenters. The van der Waals surface area contributed by atoms with Crippen LogP contribution in [-0.4, -0.2) is 38.1 Å². The summed E-state index contributed by atoms with van der Waals surface area (Å²) >= 11 is 0. The lowest BCUT2D eigenvalue weighted by molar-refractivity contribution is 0.0228. The molecule has 0 saturated heterocycles. The number of hydrogen-bond acceptors (Lipinski definition) is 3. The van der Waals surface area contributed by atoms with E-state index < -0.39 is 0 Å². The summed E-state index contributed by atoms with van der Waals surface area (Å²) in [4.78, 5) is 0. The number of hydrogen-bond donors (Lipinski definition) is 1. The first kappa shape index (κ1) is 16.9. The monoisotopic (exact) mass is 246 g/mol. The first-order valence-electron chi connectivity index (χ1n) is 7.07. The highest BCUT2D eigenvalue weighted by atomic mass is 16.5. The Balaban J connectivity index is 3.09. The zero-order valence-electron chi connectivity index (χ0n) is 11.6. The summed E-state index contributed by atoms with van der Waals surface area (Å²) in [7, 11) is 0. The van der Waals surface area contributed by atoms with E-state index in [4.69, 9.17) is 14.6 Å². The molecule has 0 aliphatic heterocycles. The molecular weight excluding hydrogens is 216 g/mol. The first-order valence-corrected chi connectivity index (χ1v) is 7.07. The molecule has 0 aliphatic rings. The maximum Gasteiger partial charge on any atom is 0.0701 e. The van der Waals surface area contributed by atoms with Crippen molar-refractivity contribution in [1.82, 2.24) is 0 Å². The van der Waals surface area contributed by atoms with Gasteiger partial charge in [-0.2, -0.15) is 0 Å². The molecule has 0 spiro atoms. The van der Waals surface area contributed by atoms with Gasteiger partial charge in [-0.15, -0.1) is 0 Å². The predicted molar refractivity (Wildman–Crippen MR) is 71.3 cm³/mol. The minimum atomic E-state index is 0.0914. The van der Waals surface area contributed by atoms with Crippen molar-refractivity contribution in [1.29, 1.82) is 0 Å². The number of ether oxygens (including phenoxy) is 2. The molecule has 104 valence electrons. The largest absolute Gasteiger partial charge is 0.394 e. The molecule has 0 amide bonds. The van der Waals surface area contributed by atoms with E-state index in [0.717, 1.165) is 6.61 Å². The first-order chi connectivity index (χ1) is 8.31. The number of rotatable bonds is 13. The summed E-state index contributed by atoms with van der Waals surface area (Å²) in [6.07, 6.45) is 8.00. The molecule has 1 N–H and O–H groups in total. The van der Waals surface area contributed by atoms with E-state index in [-0.39, 0.29) is 6.61 Å². The fourth-order valence-corrected chi connectivity index (χ4v) is 1.75. The molecule has 17 heavy (non-hydrogen) atoms. The molecule has 0 bridgehead atoms. The Hall–Kier alpha value is -0.120. The fourth-order valence-electron chi connectivity index (χ4n) is 1.75. The van der Waals surface area contributed by atoms with Crippen molar-refractivity contribution in [3.63, 3.8) is 0 Å². The van der Waals surface area contributed by atoms with E-state index in [2.05, 4.69) is 13.8 Å². The molecular formula is C14H30O3. The minimum Gasteiger partial charge on any atom is -0.394 e. The second-order valence-electron chi connectivity index (χ2n) is 4.72. The van der Waals surface area contributed by atoms with Crippen LogP contribution in [0.1, 0.15) is 52.4 Å². The van der Waals surface area contributed by atoms with Crippen molar-refractivity contribution in [2.24, 2.45) is 5.92 Å². The summed E-state index contributed by atoms with van der Waals surface area (Å²) < 4.78 is 10.6. The van der Waals surface area contributed by atoms with Gasteiger partial charge in [0.1, 0.15) is 0 Å². The SMILES string of the molecule is CCCCCCCC(C)COCCOCCO. The molecule has 0 aromatic rings. The van der Waals surface area contributed by atoms with Gasteiger partial charge in [0, 0.05) is 6.61 Å². The second-order valence-corrected chi connectivity index (χ2v) is 4.72. The molecule has 0 radical (unpaired) electrons. The van der Waals surface area contributed by atoms with Gasteiger partial charge in [0.2, 0.25) is 0 Å². The molecule has 0 rings (SSSR count). The second kappa shape index (κ2) is 13.9. The van der Waals surface area contributed by atoms with E-state index in [1.165, 1.54) is 38.5 Å². The summed E-state index contributed by atoms with van der Waals surface area (Å²) in [6.45, 7) is 7.05. The molecule has 3 nitrogen and oxygen atoms in total. The van der Waals surface area contributed by atoms with E-state index >= 15 is 0 Å². The maximum atomic E-state index is 8.50. The molecule has 3 heteroatoms. The molecule has 0 aromatic heterocycles. The Morgan fingerprint density at radius 2 is 1.65 bits per heavy atom. The van der Waals surface area contributed by atoms with E-state index in [0.29, 0.717) is 25.7 Å². The van der Waals surface area contributed by atoms with Crippen LogP contribution in [0.15, 0.2) is 0 Å². The van der Waals surface area contributed by atoms with Crippen LogP contribution in [0.3, 0.4) is 0 Å². The van der Waals surface area contributed by atoms with Gasteiger partial charge >= 0.3 is 0 Å². The Morgan fingerprint density at radius 1 is 0.941 bits per heavy atom. The highest BCUT2D eigenvalue weighted by Gasteiger charge is 2.01. The van der Waals surface area contributed by atoms with Crippen molar-refractivity contribution in [2.45, 2.75) is 52.4 Å². The van der Waals surface area contributed by atoms with E-state index in [1.807, 2.05) is 0 Å². The summed E-state index contributed by atoms with van der Waals surface area (Å²) in [5, 5.41) is 8.50. The fraction of sp³-hybridized carbons (Fsp3) is 1.00. The summed E-state index contributed by atoms with van der Waals surface area (Å²) in [5.74, 6) is 0.648. The van der Waals surface area contributed by atoms with Gasteiger partial charge in [-0.25, -0.2) is 0 Å². The number of unbranched alkanes of at least 4 members (excludes halogenated alkanes) is 4. The lowest BCUT2D eigenvalue weighted by Gasteiger charge is -2.11. The van der Waals surface area contributed by atoms with Gasteiger partial charge in [0.15, 0.2) is 0 Å². The van der Waals surface area contributed by atoms with Crippen LogP contribution in [-0.2, 0) is 9.47 Å². The van der Waals surface area contributed by atoms with Crippen LogP contribution in [0.5, 0.6) is 0 Å². The van der Waals surface area contributed by atoms with E-state index in [1.54, 1.807) is 0 Å². The normalized spacial score (nSPS) is 12.9. The lowest BCUT2D eigenvalue weighted by Crippen LogP contribution is -2.11. The van der Waals surface area contributed by atoms with Crippen LogP contribution in [0.4, 0.5) is 0 Å². The number of aliphatic hydroxyl groups is 1. The summed E-state index contributed by atoms with van der Waals surface area (Å²) in [5.41, 5.74) is 0. The van der Waals surface area contributed by atoms with Crippen LogP contribution in [0, 0.1) is 5.92 Å². The standard InChI is InChI=1S/C14H30O3/c1-3-4-5-6-7-8-14(2)13-17-12-11-16-10-9-15/h14-15H,3-13H2,1-2H3. The van der Waals surface area contributed by atoms with Crippen LogP contribution < -0.4 is 0 Å². The Labute approximate surface area is 107 Å².